The minimum absolute atomic E-state index is 0.0110. The predicted molar refractivity (Wildman–Crippen MR) is 136 cm³/mol. The van der Waals surface area contributed by atoms with Crippen molar-refractivity contribution in [2.45, 2.75) is 64.8 Å². The summed E-state index contributed by atoms with van der Waals surface area (Å²) in [5.74, 6) is 1.92. The number of para-hydroxylation sites is 1. The molecule has 0 saturated heterocycles. The summed E-state index contributed by atoms with van der Waals surface area (Å²) >= 11 is 1.33. The molecule has 2 aromatic carbocycles. The second-order valence-electron chi connectivity index (χ2n) is 8.73. The number of carbonyl (C=O) groups excluding carboxylic acids is 2. The molecule has 0 spiro atoms. The molecule has 3 rings (SSSR count). The summed E-state index contributed by atoms with van der Waals surface area (Å²) in [6, 6.07) is 15.0. The predicted octanol–water partition coefficient (Wildman–Crippen LogP) is 6.06. The second-order valence-corrected chi connectivity index (χ2v) is 9.67. The van der Waals surface area contributed by atoms with Gasteiger partial charge in [-0.05, 0) is 69.5 Å². The topological polar surface area (TPSA) is 86.1 Å². The molecule has 180 valence electrons. The quantitative estimate of drug-likeness (QED) is 0.281. The molecule has 1 heterocycles. The lowest BCUT2D eigenvalue weighted by molar-refractivity contribution is -0.113. The number of ketones is 1. The van der Waals surface area contributed by atoms with Crippen molar-refractivity contribution in [2.75, 3.05) is 11.1 Å². The number of rotatable bonds is 10. The van der Waals surface area contributed by atoms with Crippen molar-refractivity contribution in [2.24, 2.45) is 0 Å². The van der Waals surface area contributed by atoms with Crippen LogP contribution in [0.25, 0.3) is 0 Å². The Morgan fingerprint density at radius 1 is 1.00 bits per heavy atom. The third-order valence-electron chi connectivity index (χ3n) is 5.32. The molecule has 0 radical (unpaired) electrons. The average molecular weight is 481 g/mol. The SMILES string of the molecule is CC(=O)c1ccc(NC(=O)CSc2nnc(C(C)Oc3ccccc3C(C)C)n2C(C)C)cc1. The number of nitrogens with one attached hydrogen (secondary N) is 1. The first-order valence-electron chi connectivity index (χ1n) is 11.4. The number of anilines is 1. The molecular weight excluding hydrogens is 448 g/mol. The molecule has 0 aliphatic rings. The van der Waals surface area contributed by atoms with Gasteiger partial charge in [-0.15, -0.1) is 10.2 Å². The van der Waals surface area contributed by atoms with E-state index in [1.165, 1.54) is 18.7 Å². The van der Waals surface area contributed by atoms with Gasteiger partial charge in [-0.25, -0.2) is 0 Å². The molecule has 1 aromatic heterocycles. The highest BCUT2D eigenvalue weighted by atomic mass is 32.2. The lowest BCUT2D eigenvalue weighted by Crippen LogP contribution is -2.17. The molecule has 34 heavy (non-hydrogen) atoms. The maximum Gasteiger partial charge on any atom is 0.234 e. The lowest BCUT2D eigenvalue weighted by atomic mass is 10.0. The van der Waals surface area contributed by atoms with E-state index in [2.05, 4.69) is 49.3 Å². The van der Waals surface area contributed by atoms with E-state index in [1.807, 2.05) is 29.7 Å². The fourth-order valence-corrected chi connectivity index (χ4v) is 4.45. The van der Waals surface area contributed by atoms with Crippen molar-refractivity contribution >= 4 is 29.1 Å². The van der Waals surface area contributed by atoms with Gasteiger partial charge in [0.05, 0.1) is 5.75 Å². The van der Waals surface area contributed by atoms with Crippen molar-refractivity contribution < 1.29 is 14.3 Å². The van der Waals surface area contributed by atoms with Crippen molar-refractivity contribution in [3.63, 3.8) is 0 Å². The Balaban J connectivity index is 1.69. The molecule has 0 fully saturated rings. The number of amides is 1. The summed E-state index contributed by atoms with van der Waals surface area (Å²) in [6.45, 7) is 11.9. The zero-order valence-corrected chi connectivity index (χ0v) is 21.3. The highest BCUT2D eigenvalue weighted by Gasteiger charge is 2.23. The van der Waals surface area contributed by atoms with Crippen LogP contribution in [0.2, 0.25) is 0 Å². The molecule has 0 saturated carbocycles. The monoisotopic (exact) mass is 480 g/mol. The molecule has 8 heteroatoms. The molecule has 7 nitrogen and oxygen atoms in total. The summed E-state index contributed by atoms with van der Waals surface area (Å²) in [6.07, 6.45) is -0.308. The van der Waals surface area contributed by atoms with Crippen molar-refractivity contribution in [1.82, 2.24) is 14.8 Å². The highest BCUT2D eigenvalue weighted by Crippen LogP contribution is 2.31. The third-order valence-corrected chi connectivity index (χ3v) is 6.27. The summed E-state index contributed by atoms with van der Waals surface area (Å²) < 4.78 is 8.31. The fraction of sp³-hybridized carbons (Fsp3) is 0.385. The number of benzene rings is 2. The van der Waals surface area contributed by atoms with E-state index in [1.54, 1.807) is 24.3 Å². The van der Waals surface area contributed by atoms with E-state index >= 15 is 0 Å². The Labute approximate surface area is 205 Å². The van der Waals surface area contributed by atoms with E-state index in [4.69, 9.17) is 4.74 Å². The van der Waals surface area contributed by atoms with E-state index in [-0.39, 0.29) is 29.6 Å². The van der Waals surface area contributed by atoms with Gasteiger partial charge in [0.1, 0.15) is 5.75 Å². The average Bonchev–Trinajstić information content (AvgIpc) is 3.23. The summed E-state index contributed by atoms with van der Waals surface area (Å²) in [7, 11) is 0. The fourth-order valence-electron chi connectivity index (χ4n) is 3.57. The third kappa shape index (κ3) is 6.26. The zero-order valence-electron chi connectivity index (χ0n) is 20.5. The van der Waals surface area contributed by atoms with E-state index in [9.17, 15) is 9.59 Å². The maximum atomic E-state index is 12.5. The first kappa shape index (κ1) is 25.5. The maximum absolute atomic E-state index is 12.5. The lowest BCUT2D eigenvalue weighted by Gasteiger charge is -2.21. The smallest absolute Gasteiger partial charge is 0.234 e. The molecule has 1 N–H and O–H groups in total. The van der Waals surface area contributed by atoms with Crippen LogP contribution in [0.15, 0.2) is 53.7 Å². The van der Waals surface area contributed by atoms with Crippen LogP contribution in [0.5, 0.6) is 5.75 Å². The van der Waals surface area contributed by atoms with Gasteiger partial charge in [-0.3, -0.25) is 9.59 Å². The zero-order chi connectivity index (χ0) is 24.8. The number of carbonyl (C=O) groups is 2. The molecule has 0 aliphatic heterocycles. The number of hydrogen-bond acceptors (Lipinski definition) is 6. The number of ether oxygens (including phenoxy) is 1. The summed E-state index contributed by atoms with van der Waals surface area (Å²) in [5.41, 5.74) is 2.40. The molecule has 0 aliphatic carbocycles. The van der Waals surface area contributed by atoms with E-state index in [0.717, 1.165) is 17.1 Å². The molecule has 1 atom stereocenters. The molecule has 1 unspecified atom stereocenters. The molecule has 0 bridgehead atoms. The van der Waals surface area contributed by atoms with Crippen molar-refractivity contribution in [1.29, 1.82) is 0 Å². The Bertz CT molecular complexity index is 1140. The van der Waals surface area contributed by atoms with Crippen molar-refractivity contribution in [3.8, 4) is 5.75 Å². The van der Waals surface area contributed by atoms with Gasteiger partial charge in [-0.2, -0.15) is 0 Å². The van der Waals surface area contributed by atoms with E-state index in [0.29, 0.717) is 22.3 Å². The Hall–Kier alpha value is -3.13. The summed E-state index contributed by atoms with van der Waals surface area (Å²) in [5, 5.41) is 12.3. The summed E-state index contributed by atoms with van der Waals surface area (Å²) in [4.78, 5) is 23.9. The van der Waals surface area contributed by atoms with Gasteiger partial charge in [-0.1, -0.05) is 43.8 Å². The minimum Gasteiger partial charge on any atom is -0.482 e. The van der Waals surface area contributed by atoms with Gasteiger partial charge >= 0.3 is 0 Å². The number of nitrogens with zero attached hydrogens (tertiary/aromatic N) is 3. The minimum atomic E-state index is -0.308. The second kappa shape index (κ2) is 11.3. The normalized spacial score (nSPS) is 12.1. The number of hydrogen-bond donors (Lipinski definition) is 1. The van der Waals surface area contributed by atoms with E-state index < -0.39 is 0 Å². The Morgan fingerprint density at radius 3 is 2.29 bits per heavy atom. The van der Waals surface area contributed by atoms with Crippen LogP contribution in [0.1, 0.15) is 81.4 Å². The van der Waals surface area contributed by atoms with Gasteiger partial charge in [0.2, 0.25) is 5.91 Å². The molecular formula is C26H32N4O3S. The van der Waals surface area contributed by atoms with Crippen LogP contribution >= 0.6 is 11.8 Å². The van der Waals surface area contributed by atoms with Gasteiger partial charge in [0.15, 0.2) is 22.9 Å². The van der Waals surface area contributed by atoms with Crippen LogP contribution in [-0.2, 0) is 4.79 Å². The van der Waals surface area contributed by atoms with Crippen LogP contribution in [0.4, 0.5) is 5.69 Å². The largest absolute Gasteiger partial charge is 0.482 e. The Kier molecular flexibility index (Phi) is 8.50. The standard InChI is InChI=1S/C26H32N4O3S/c1-16(2)22-9-7-8-10-23(22)33-19(6)25-28-29-26(30(25)17(3)4)34-15-24(32)27-21-13-11-20(12-14-21)18(5)31/h7-14,16-17,19H,15H2,1-6H3,(H,27,32). The Morgan fingerprint density at radius 2 is 1.68 bits per heavy atom. The highest BCUT2D eigenvalue weighted by molar-refractivity contribution is 7.99. The van der Waals surface area contributed by atoms with Gasteiger partial charge in [0, 0.05) is 17.3 Å². The van der Waals surface area contributed by atoms with Crippen LogP contribution < -0.4 is 10.1 Å². The number of thioether (sulfide) groups is 1. The first-order valence-corrected chi connectivity index (χ1v) is 12.4. The first-order chi connectivity index (χ1) is 16.2. The molecule has 3 aromatic rings. The number of aromatic nitrogens is 3. The molecule has 1 amide bonds. The van der Waals surface area contributed by atoms with Crippen LogP contribution in [0.3, 0.4) is 0 Å². The van der Waals surface area contributed by atoms with Gasteiger partial charge < -0.3 is 14.6 Å². The van der Waals surface area contributed by atoms with Crippen molar-refractivity contribution in [3.05, 3.63) is 65.5 Å². The van der Waals surface area contributed by atoms with Crippen LogP contribution in [0, 0.1) is 0 Å². The van der Waals surface area contributed by atoms with Gasteiger partial charge in [0.25, 0.3) is 0 Å². The van der Waals surface area contributed by atoms with Crippen LogP contribution in [-0.4, -0.2) is 32.2 Å². The number of Topliss-reactive ketones (excluding diaryl/α,β-unsaturated/α-hetero) is 1.